The van der Waals surface area contributed by atoms with Crippen LogP contribution < -0.4 is 9.47 Å². The highest BCUT2D eigenvalue weighted by Crippen LogP contribution is 2.61. The highest BCUT2D eigenvalue weighted by Gasteiger charge is 2.46. The van der Waals surface area contributed by atoms with Gasteiger partial charge in [0.1, 0.15) is 11.5 Å². The smallest absolute Gasteiger partial charge is 0.119 e. The monoisotopic (exact) mass is 1790 g/mol. The summed E-state index contributed by atoms with van der Waals surface area (Å²) in [7, 11) is 0. The van der Waals surface area contributed by atoms with Crippen molar-refractivity contribution >= 4 is 68.0 Å². The Kier molecular flexibility index (Phi) is 30.4. The van der Waals surface area contributed by atoms with Gasteiger partial charge in [-0.15, -0.1) is 68.0 Å². The van der Waals surface area contributed by atoms with Gasteiger partial charge in [-0.3, -0.25) is 0 Å². The van der Waals surface area contributed by atoms with Crippen LogP contribution in [0.25, 0.3) is 136 Å². The SMILES string of the molecule is CCCCCCCCOc1ccc(-c2ccc(-c3ccc4c(c3)C(CCC)(CCC)c3cc(-c5ccc(-c6ccc(-c7ccc8c(c7)C(CCCCCCCC)(CCCCCCCC)c7cc(-c9ccc(-c%10ccc(-c%11ccc%12c(c%11)C(CCC)(CCC)c%11cc(-c%13ccc(-c%14ccc(OCCCCCCCC)cc%14)s%13)ccc%11-%12)s%10)s9)ccc7-8)s6)s5)ccc3-4)s2)cc1. The molecule has 0 fully saturated rings. The summed E-state index contributed by atoms with van der Waals surface area (Å²) in [5, 5.41) is 0. The van der Waals surface area contributed by atoms with E-state index in [9.17, 15) is 0 Å². The minimum atomic E-state index is -0.0655. The molecule has 0 saturated carbocycles. The predicted molar refractivity (Wildman–Crippen MR) is 560 cm³/mol. The van der Waals surface area contributed by atoms with Gasteiger partial charge in [-0.25, -0.2) is 0 Å². The quantitative estimate of drug-likeness (QED) is 0.0354. The van der Waals surface area contributed by atoms with E-state index in [1.807, 2.05) is 68.0 Å². The van der Waals surface area contributed by atoms with Crippen molar-refractivity contribution in [1.29, 1.82) is 0 Å². The van der Waals surface area contributed by atoms with E-state index in [1.165, 1.54) is 313 Å². The van der Waals surface area contributed by atoms with E-state index < -0.39 is 0 Å². The molecular formula is C119H134O2S6. The van der Waals surface area contributed by atoms with Gasteiger partial charge in [0.05, 0.1) is 13.2 Å². The van der Waals surface area contributed by atoms with Gasteiger partial charge < -0.3 is 9.47 Å². The zero-order chi connectivity index (χ0) is 87.1. The number of benzene rings is 8. The molecule has 127 heavy (non-hydrogen) atoms. The Hall–Kier alpha value is -8.44. The molecular weight excluding hydrogens is 1650 g/mol. The highest BCUT2D eigenvalue weighted by molar-refractivity contribution is 7.26. The minimum Gasteiger partial charge on any atom is -0.494 e. The summed E-state index contributed by atoms with van der Waals surface area (Å²) < 4.78 is 12.4. The molecule has 0 bridgehead atoms. The standard InChI is InChI=1S/C119H134O2S6/c1-9-17-21-25-29-33-73-119(74-34-30-26-22-18-10-2)103-81-89(111-63-67-115(126-111)113-65-61-109(124-113)87-43-53-95-93-51-41-85(77-99(93)117(69-13-5,70-14-6)101(95)79-87)107-59-57-105(122-107)83-37-47-91(48-38-83)120-75-35-31-27-23-19-11-3)45-55-97(103)98-56-46-90(82-104(98)119)112-64-68-116(127-112)114-66-62-110(125-114)88-44-54-96-94-52-42-86(78-100(94)118(71-15-7,72-16-8)102(96)80-88)108-60-58-106(123-108)84-39-49-92(50-40-84)121-76-36-32-28-24-20-12-4/h37-68,77-82H,9-36,69-76H2,1-8H3. The zero-order valence-corrected chi connectivity index (χ0v) is 82.1. The number of hydrogen-bond acceptors (Lipinski definition) is 8. The number of rotatable bonds is 48. The van der Waals surface area contributed by atoms with Crippen LogP contribution in [0.5, 0.6) is 11.5 Å². The third kappa shape index (κ3) is 19.5. The molecule has 0 amide bonds. The van der Waals surface area contributed by atoms with Crippen LogP contribution in [0.15, 0.2) is 231 Å². The first-order valence-electron chi connectivity index (χ1n) is 49.5. The topological polar surface area (TPSA) is 18.5 Å². The van der Waals surface area contributed by atoms with Crippen LogP contribution in [0.3, 0.4) is 0 Å². The maximum atomic E-state index is 6.19. The first kappa shape index (κ1) is 90.5. The van der Waals surface area contributed by atoms with Crippen LogP contribution in [0, 0.1) is 0 Å². The minimum absolute atomic E-state index is 0.0414. The largest absolute Gasteiger partial charge is 0.494 e. The molecule has 3 aliphatic carbocycles. The summed E-state index contributed by atoms with van der Waals surface area (Å²) in [5.74, 6) is 1.94. The third-order valence-electron chi connectivity index (χ3n) is 28.3. The molecule has 0 atom stereocenters. The average Bonchev–Trinajstić information content (AvgIpc) is 1.57. The van der Waals surface area contributed by atoms with Crippen LogP contribution in [0.4, 0.5) is 0 Å². The van der Waals surface area contributed by atoms with Crippen LogP contribution in [0.1, 0.15) is 307 Å². The molecule has 6 heterocycles. The molecule has 0 N–H and O–H groups in total. The highest BCUT2D eigenvalue weighted by atomic mass is 32.1. The van der Waals surface area contributed by atoms with Gasteiger partial charge in [0.2, 0.25) is 0 Å². The van der Waals surface area contributed by atoms with Gasteiger partial charge in [-0.05, 0) is 320 Å². The van der Waals surface area contributed by atoms with Crippen molar-refractivity contribution in [2.45, 2.75) is 290 Å². The maximum absolute atomic E-state index is 6.19. The van der Waals surface area contributed by atoms with Crippen LogP contribution >= 0.6 is 68.0 Å². The summed E-state index contributed by atoms with van der Waals surface area (Å²) in [4.78, 5) is 16.1. The Balaban J connectivity index is 0.610. The van der Waals surface area contributed by atoms with Crippen LogP contribution in [0.2, 0.25) is 0 Å². The summed E-state index contributed by atoms with van der Waals surface area (Å²) in [5.41, 5.74) is 28.2. The summed E-state index contributed by atoms with van der Waals surface area (Å²) >= 11 is 11.7. The van der Waals surface area contributed by atoms with Crippen molar-refractivity contribution in [2.75, 3.05) is 13.2 Å². The van der Waals surface area contributed by atoms with E-state index >= 15 is 0 Å². The Morgan fingerprint density at radius 3 is 0.598 bits per heavy atom. The van der Waals surface area contributed by atoms with E-state index in [-0.39, 0.29) is 16.2 Å². The number of unbranched alkanes of at least 4 members (excludes halogenated alkanes) is 20. The van der Waals surface area contributed by atoms with Crippen LogP contribution in [-0.2, 0) is 16.2 Å². The van der Waals surface area contributed by atoms with E-state index in [4.69, 9.17) is 9.47 Å². The molecule has 0 aliphatic heterocycles. The normalized spacial score (nSPS) is 13.6. The maximum Gasteiger partial charge on any atom is 0.119 e. The fourth-order valence-corrected chi connectivity index (χ4v) is 28.1. The van der Waals surface area contributed by atoms with Gasteiger partial charge in [-0.1, -0.05) is 295 Å². The summed E-state index contributed by atoms with van der Waals surface area (Å²) in [6.07, 6.45) is 42.3. The van der Waals surface area contributed by atoms with E-state index in [0.717, 1.165) is 88.9 Å². The van der Waals surface area contributed by atoms with E-state index in [0.29, 0.717) is 0 Å². The number of ether oxygens (including phenoxy) is 2. The summed E-state index contributed by atoms with van der Waals surface area (Å²) in [6.45, 7) is 20.4. The second-order valence-corrected chi connectivity index (χ2v) is 43.6. The van der Waals surface area contributed by atoms with Gasteiger partial charge in [-0.2, -0.15) is 0 Å². The molecule has 658 valence electrons. The van der Waals surface area contributed by atoms with Crippen LogP contribution in [-0.4, -0.2) is 13.2 Å². The molecule has 14 aromatic rings. The molecule has 0 unspecified atom stereocenters. The zero-order valence-electron chi connectivity index (χ0n) is 77.2. The van der Waals surface area contributed by atoms with Crippen molar-refractivity contribution in [2.24, 2.45) is 0 Å². The number of hydrogen-bond donors (Lipinski definition) is 0. The van der Waals surface area contributed by atoms with Crippen molar-refractivity contribution in [3.8, 4) is 148 Å². The average molecular weight is 1790 g/mol. The van der Waals surface area contributed by atoms with Gasteiger partial charge >= 0.3 is 0 Å². The number of fused-ring (bicyclic) bond motifs is 9. The lowest BCUT2D eigenvalue weighted by Gasteiger charge is -2.33. The lowest BCUT2D eigenvalue weighted by atomic mass is 9.70. The molecule has 17 rings (SSSR count). The molecule has 0 spiro atoms. The molecule has 2 nitrogen and oxygen atoms in total. The molecule has 0 saturated heterocycles. The van der Waals surface area contributed by atoms with E-state index in [2.05, 4.69) is 286 Å². The molecule has 6 aromatic heterocycles. The molecule has 0 radical (unpaired) electrons. The number of thiophene rings is 6. The lowest BCUT2D eigenvalue weighted by Crippen LogP contribution is -2.25. The van der Waals surface area contributed by atoms with Crippen molar-refractivity contribution < 1.29 is 9.47 Å². The van der Waals surface area contributed by atoms with Crippen molar-refractivity contribution in [3.63, 3.8) is 0 Å². The molecule has 3 aliphatic rings. The third-order valence-corrected chi connectivity index (χ3v) is 35.6. The Morgan fingerprint density at radius 1 is 0.173 bits per heavy atom. The van der Waals surface area contributed by atoms with Crippen molar-refractivity contribution in [1.82, 2.24) is 0 Å². The second kappa shape index (κ2) is 42.6. The molecule has 8 heteroatoms. The fourth-order valence-electron chi connectivity index (χ4n) is 21.9. The molecule has 8 aromatic carbocycles. The first-order chi connectivity index (χ1) is 62.5. The fraction of sp³-hybridized carbons (Fsp3) is 0.395. The van der Waals surface area contributed by atoms with Gasteiger partial charge in [0.25, 0.3) is 0 Å². The second-order valence-electron chi connectivity index (χ2n) is 37.1. The van der Waals surface area contributed by atoms with Crippen molar-refractivity contribution in [3.05, 3.63) is 264 Å². The lowest BCUT2D eigenvalue weighted by molar-refractivity contribution is 0.304. The summed E-state index contributed by atoms with van der Waals surface area (Å²) in [6, 6.07) is 91.4. The first-order valence-corrected chi connectivity index (χ1v) is 54.4. The Morgan fingerprint density at radius 2 is 0.362 bits per heavy atom. The van der Waals surface area contributed by atoms with E-state index in [1.54, 1.807) is 11.1 Å². The Bertz CT molecular complexity index is 5580. The predicted octanol–water partition coefficient (Wildman–Crippen LogP) is 39.7. The van der Waals surface area contributed by atoms with Gasteiger partial charge in [0, 0.05) is 74.8 Å². The Labute approximate surface area is 785 Å². The van der Waals surface area contributed by atoms with Gasteiger partial charge in [0.15, 0.2) is 0 Å².